The smallest absolute Gasteiger partial charge is 0.224 e. The fraction of sp³-hybridized carbons (Fsp3) is 0.244. The highest BCUT2D eigenvalue weighted by atomic mass is 32.2. The molecule has 51 heavy (non-hydrogen) atoms. The van der Waals surface area contributed by atoms with E-state index in [1.54, 1.807) is 30.1 Å². The van der Waals surface area contributed by atoms with Gasteiger partial charge >= 0.3 is 0 Å². The molecule has 0 radical (unpaired) electrons. The summed E-state index contributed by atoms with van der Waals surface area (Å²) in [5.41, 5.74) is 12.8. The molecule has 0 saturated carbocycles. The molecule has 0 unspecified atom stereocenters. The van der Waals surface area contributed by atoms with Crippen LogP contribution in [0.1, 0.15) is 60.3 Å². The first-order valence-corrected chi connectivity index (χ1v) is 18.1. The topological polar surface area (TPSA) is 136 Å². The third kappa shape index (κ3) is 10.0. The molecule has 3 atom stereocenters. The van der Waals surface area contributed by atoms with Crippen molar-refractivity contribution >= 4 is 35.0 Å². The molecule has 1 aliphatic rings. The van der Waals surface area contributed by atoms with E-state index in [0.29, 0.717) is 30.8 Å². The summed E-state index contributed by atoms with van der Waals surface area (Å²) in [6, 6.07) is 37.0. The van der Waals surface area contributed by atoms with E-state index in [1.165, 1.54) is 0 Å². The van der Waals surface area contributed by atoms with E-state index >= 15 is 0 Å². The van der Waals surface area contributed by atoms with Gasteiger partial charge in [-0.15, -0.1) is 11.8 Å². The minimum Gasteiger partial charge on any atom is -0.397 e. The van der Waals surface area contributed by atoms with Gasteiger partial charge in [0.1, 0.15) is 0 Å². The van der Waals surface area contributed by atoms with Gasteiger partial charge in [0.2, 0.25) is 11.8 Å². The molecular formula is C41H42N4O5S. The number of anilines is 2. The zero-order valence-electron chi connectivity index (χ0n) is 28.2. The van der Waals surface area contributed by atoms with Crippen molar-refractivity contribution in [2.24, 2.45) is 0 Å². The van der Waals surface area contributed by atoms with Crippen molar-refractivity contribution in [3.8, 4) is 11.1 Å². The molecule has 9 nitrogen and oxygen atoms in total. The summed E-state index contributed by atoms with van der Waals surface area (Å²) in [6.07, 6.45) is 2.57. The van der Waals surface area contributed by atoms with Crippen LogP contribution in [0.4, 0.5) is 11.4 Å². The molecule has 262 valence electrons. The van der Waals surface area contributed by atoms with Gasteiger partial charge in [-0.2, -0.15) is 0 Å². The lowest BCUT2D eigenvalue weighted by molar-refractivity contribution is -0.245. The van der Waals surface area contributed by atoms with E-state index in [4.69, 9.17) is 15.2 Å². The van der Waals surface area contributed by atoms with Crippen LogP contribution in [0.3, 0.4) is 0 Å². The average Bonchev–Trinajstić information content (AvgIpc) is 3.17. The number of nitrogens with one attached hydrogen (secondary N) is 2. The van der Waals surface area contributed by atoms with Crippen molar-refractivity contribution < 1.29 is 24.2 Å². The minimum absolute atomic E-state index is 0.00502. The number of benzene rings is 4. The Kier molecular flexibility index (Phi) is 12.5. The summed E-state index contributed by atoms with van der Waals surface area (Å²) in [5.74, 6) is 0.440. The Morgan fingerprint density at radius 2 is 1.55 bits per heavy atom. The van der Waals surface area contributed by atoms with Crippen molar-refractivity contribution in [2.75, 3.05) is 16.8 Å². The van der Waals surface area contributed by atoms with E-state index < -0.39 is 6.29 Å². The zero-order valence-corrected chi connectivity index (χ0v) is 29.1. The van der Waals surface area contributed by atoms with Gasteiger partial charge in [-0.25, -0.2) is 4.98 Å². The minimum atomic E-state index is -0.564. The van der Waals surface area contributed by atoms with Gasteiger partial charge < -0.3 is 30.9 Å². The summed E-state index contributed by atoms with van der Waals surface area (Å²) >= 11 is 1.66. The predicted molar refractivity (Wildman–Crippen MR) is 200 cm³/mol. The third-order valence-electron chi connectivity index (χ3n) is 8.70. The molecule has 1 fully saturated rings. The molecule has 0 spiro atoms. The van der Waals surface area contributed by atoms with E-state index in [9.17, 15) is 14.7 Å². The number of para-hydroxylation sites is 2. The number of ether oxygens (including phenoxy) is 2. The lowest BCUT2D eigenvalue weighted by Gasteiger charge is -2.36. The average molecular weight is 703 g/mol. The molecule has 1 aliphatic heterocycles. The molecule has 0 aliphatic carbocycles. The van der Waals surface area contributed by atoms with Crippen LogP contribution < -0.4 is 16.4 Å². The van der Waals surface area contributed by atoms with Gasteiger partial charge in [0.05, 0.1) is 35.2 Å². The summed E-state index contributed by atoms with van der Waals surface area (Å²) in [7, 11) is 0. The maximum Gasteiger partial charge on any atom is 0.224 e. The maximum atomic E-state index is 12.7. The Morgan fingerprint density at radius 3 is 2.31 bits per heavy atom. The van der Waals surface area contributed by atoms with E-state index in [1.807, 2.05) is 91.0 Å². The number of hydrogen-bond acceptors (Lipinski definition) is 8. The van der Waals surface area contributed by atoms with Crippen molar-refractivity contribution in [3.05, 3.63) is 144 Å². The number of hydrogen-bond donors (Lipinski definition) is 4. The van der Waals surface area contributed by atoms with Crippen molar-refractivity contribution in [1.82, 2.24) is 10.3 Å². The Morgan fingerprint density at radius 1 is 0.824 bits per heavy atom. The van der Waals surface area contributed by atoms with Crippen LogP contribution in [0.25, 0.3) is 11.1 Å². The van der Waals surface area contributed by atoms with Crippen molar-refractivity contribution in [3.63, 3.8) is 0 Å². The van der Waals surface area contributed by atoms with Crippen LogP contribution in [-0.4, -0.2) is 33.8 Å². The monoisotopic (exact) mass is 702 g/mol. The van der Waals surface area contributed by atoms with Crippen LogP contribution in [0, 0.1) is 0 Å². The molecule has 6 rings (SSSR count). The highest BCUT2D eigenvalue weighted by Crippen LogP contribution is 2.40. The largest absolute Gasteiger partial charge is 0.397 e. The van der Waals surface area contributed by atoms with Crippen LogP contribution in [-0.2, 0) is 32.2 Å². The highest BCUT2D eigenvalue weighted by molar-refractivity contribution is 7.99. The third-order valence-corrected chi connectivity index (χ3v) is 9.78. The molecule has 1 aromatic heterocycles. The first kappa shape index (κ1) is 35.8. The number of carbonyl (C=O) groups is 2. The summed E-state index contributed by atoms with van der Waals surface area (Å²) in [6.45, 7) is 0.361. The van der Waals surface area contributed by atoms with Gasteiger partial charge in [-0.05, 0) is 58.5 Å². The van der Waals surface area contributed by atoms with Crippen LogP contribution in [0.5, 0.6) is 0 Å². The molecule has 1 saturated heterocycles. The normalized spacial score (nSPS) is 17.1. The van der Waals surface area contributed by atoms with Gasteiger partial charge in [0.25, 0.3) is 0 Å². The van der Waals surface area contributed by atoms with Crippen LogP contribution in [0.2, 0.25) is 0 Å². The molecule has 5 N–H and O–H groups in total. The highest BCUT2D eigenvalue weighted by Gasteiger charge is 2.32. The summed E-state index contributed by atoms with van der Waals surface area (Å²) < 4.78 is 13.1. The standard InChI is InChI=1S/C41H42N4O5S/c42-35-10-3-4-11-36(35)45-39(48)13-7-12-38(47)44-25-32-8-1-2-9-34(32)29-19-21-31(22-20-29)41-49-33(27-51-40-14-5-6-23-43-40)24-37(50-41)30-17-15-28(26-46)16-18-30/h1-6,8-11,14-23,33,37,41,46H,7,12-13,24-27,42H2,(H,44,47)(H,45,48)/t33-,37+,41+/m0/s1. The van der Waals surface area contributed by atoms with E-state index in [-0.39, 0.29) is 43.5 Å². The van der Waals surface area contributed by atoms with Crippen LogP contribution >= 0.6 is 11.8 Å². The Balaban J connectivity index is 1.07. The number of carbonyl (C=O) groups excluding carboxylic acids is 2. The van der Waals surface area contributed by atoms with Crippen molar-refractivity contribution in [1.29, 1.82) is 0 Å². The number of aliphatic hydroxyl groups is 1. The second-order valence-electron chi connectivity index (χ2n) is 12.4. The van der Waals surface area contributed by atoms with Gasteiger partial charge in [0.15, 0.2) is 6.29 Å². The van der Waals surface area contributed by atoms with Crippen LogP contribution in [0.15, 0.2) is 126 Å². The number of nitrogen functional groups attached to an aromatic ring is 1. The fourth-order valence-corrected chi connectivity index (χ4v) is 6.81. The summed E-state index contributed by atoms with van der Waals surface area (Å²) in [5, 5.41) is 16.3. The molecule has 10 heteroatoms. The molecule has 2 amide bonds. The molecular weight excluding hydrogens is 661 g/mol. The predicted octanol–water partition coefficient (Wildman–Crippen LogP) is 7.59. The van der Waals surface area contributed by atoms with Gasteiger partial charge in [-0.1, -0.05) is 91.0 Å². The van der Waals surface area contributed by atoms with Gasteiger partial charge in [-0.3, -0.25) is 9.59 Å². The lowest BCUT2D eigenvalue weighted by atomic mass is 9.97. The first-order valence-electron chi connectivity index (χ1n) is 17.1. The number of thioether (sulfide) groups is 1. The Labute approximate surface area is 302 Å². The number of aromatic nitrogens is 1. The second-order valence-corrected chi connectivity index (χ2v) is 13.4. The quantitative estimate of drug-likeness (QED) is 0.0687. The number of pyridine rings is 1. The number of nitrogens with zero attached hydrogens (tertiary/aromatic N) is 1. The SMILES string of the molecule is Nc1ccccc1NC(=O)CCCC(=O)NCc1ccccc1-c1ccc([C@@H]2O[C@H](CSc3ccccn3)C[C@H](c3ccc(CO)cc3)O2)cc1. The number of aliphatic hydroxyl groups excluding tert-OH is 1. The maximum absolute atomic E-state index is 12.7. The molecule has 4 aromatic carbocycles. The van der Waals surface area contributed by atoms with Gasteiger partial charge in [0, 0.05) is 43.3 Å². The number of nitrogens with two attached hydrogens (primary N) is 1. The Bertz CT molecular complexity index is 1890. The summed E-state index contributed by atoms with van der Waals surface area (Å²) in [4.78, 5) is 29.5. The number of rotatable bonds is 14. The molecule has 0 bridgehead atoms. The Hall–Kier alpha value is -5.00. The van der Waals surface area contributed by atoms with E-state index in [2.05, 4.69) is 27.8 Å². The number of amides is 2. The molecule has 2 heterocycles. The molecule has 5 aromatic rings. The first-order chi connectivity index (χ1) is 24.9. The zero-order chi connectivity index (χ0) is 35.4. The lowest BCUT2D eigenvalue weighted by Crippen LogP contribution is -2.31. The fourth-order valence-electron chi connectivity index (χ4n) is 5.92. The second kappa shape index (κ2) is 17.8. The van der Waals surface area contributed by atoms with E-state index in [0.717, 1.165) is 44.2 Å². The van der Waals surface area contributed by atoms with Crippen molar-refractivity contribution in [2.45, 2.75) is 62.4 Å².